The molecule has 0 bridgehead atoms. The highest BCUT2D eigenvalue weighted by atomic mass is 16.3. The van der Waals surface area contributed by atoms with Crippen molar-refractivity contribution in [2.75, 3.05) is 20.6 Å². The van der Waals surface area contributed by atoms with E-state index in [0.29, 0.717) is 6.04 Å². The normalized spacial score (nSPS) is 13.6. The number of rotatable bonds is 4. The Bertz CT molecular complexity index is 257. The number of aliphatic hydroxyl groups is 1. The van der Waals surface area contributed by atoms with E-state index in [1.54, 1.807) is 12.5 Å². The third-order valence-corrected chi connectivity index (χ3v) is 2.01. The molecule has 1 atom stereocenters. The lowest BCUT2D eigenvalue weighted by atomic mass is 10.3. The van der Waals surface area contributed by atoms with Gasteiger partial charge >= 0.3 is 0 Å². The Hall–Kier alpha value is -0.870. The first-order valence-electron chi connectivity index (χ1n) is 4.41. The van der Waals surface area contributed by atoms with Crippen LogP contribution >= 0.6 is 0 Å². The van der Waals surface area contributed by atoms with Crippen molar-refractivity contribution in [3.05, 3.63) is 18.2 Å². The van der Waals surface area contributed by atoms with Gasteiger partial charge in [0.15, 0.2) is 0 Å². The Morgan fingerprint density at radius 2 is 2.31 bits per heavy atom. The Morgan fingerprint density at radius 1 is 1.62 bits per heavy atom. The second kappa shape index (κ2) is 4.39. The van der Waals surface area contributed by atoms with Crippen molar-refractivity contribution in [2.45, 2.75) is 19.6 Å². The minimum Gasteiger partial charge on any atom is -0.390 e. The third-order valence-electron chi connectivity index (χ3n) is 2.01. The van der Waals surface area contributed by atoms with Gasteiger partial charge in [-0.3, -0.25) is 0 Å². The largest absolute Gasteiger partial charge is 0.390 e. The first-order chi connectivity index (χ1) is 6.15. The molecule has 13 heavy (non-hydrogen) atoms. The van der Waals surface area contributed by atoms with E-state index in [-0.39, 0.29) is 6.61 Å². The molecule has 0 amide bonds. The molecule has 0 saturated heterocycles. The maximum Gasteiger partial charge on any atom is 0.0951 e. The number of hydrogen-bond donors (Lipinski definition) is 1. The minimum absolute atomic E-state index is 0.0533. The van der Waals surface area contributed by atoms with Crippen molar-refractivity contribution < 1.29 is 5.11 Å². The molecule has 74 valence electrons. The van der Waals surface area contributed by atoms with Gasteiger partial charge in [0.05, 0.1) is 24.8 Å². The van der Waals surface area contributed by atoms with Gasteiger partial charge in [-0.2, -0.15) is 0 Å². The van der Waals surface area contributed by atoms with E-state index in [4.69, 9.17) is 5.11 Å². The van der Waals surface area contributed by atoms with Gasteiger partial charge in [0.25, 0.3) is 0 Å². The van der Waals surface area contributed by atoms with E-state index in [1.807, 2.05) is 18.7 Å². The van der Waals surface area contributed by atoms with E-state index in [0.717, 1.165) is 12.2 Å². The SMILES string of the molecule is CC(CN(C)C)n1cncc1CO. The molecule has 0 aliphatic rings. The molecule has 1 aromatic rings. The summed E-state index contributed by atoms with van der Waals surface area (Å²) in [4.78, 5) is 6.12. The number of hydrogen-bond acceptors (Lipinski definition) is 3. The van der Waals surface area contributed by atoms with Gasteiger partial charge in [-0.1, -0.05) is 0 Å². The van der Waals surface area contributed by atoms with Gasteiger partial charge in [-0.15, -0.1) is 0 Å². The summed E-state index contributed by atoms with van der Waals surface area (Å²) in [6.45, 7) is 3.11. The van der Waals surface area contributed by atoms with E-state index in [2.05, 4.69) is 16.8 Å². The fraction of sp³-hybridized carbons (Fsp3) is 0.667. The first kappa shape index (κ1) is 10.2. The van der Waals surface area contributed by atoms with E-state index in [9.17, 15) is 0 Å². The summed E-state index contributed by atoms with van der Waals surface area (Å²) in [5, 5.41) is 9.02. The second-order valence-corrected chi connectivity index (χ2v) is 3.56. The number of aromatic nitrogens is 2. The number of nitrogens with zero attached hydrogens (tertiary/aromatic N) is 3. The Kier molecular flexibility index (Phi) is 3.45. The molecule has 0 aromatic carbocycles. The van der Waals surface area contributed by atoms with Gasteiger partial charge < -0.3 is 14.6 Å². The van der Waals surface area contributed by atoms with Crippen LogP contribution in [0, 0.1) is 0 Å². The zero-order valence-electron chi connectivity index (χ0n) is 8.44. The van der Waals surface area contributed by atoms with Gasteiger partial charge in [-0.25, -0.2) is 4.98 Å². The smallest absolute Gasteiger partial charge is 0.0951 e. The van der Waals surface area contributed by atoms with Crippen LogP contribution in [0.2, 0.25) is 0 Å². The fourth-order valence-corrected chi connectivity index (χ4v) is 1.47. The highest BCUT2D eigenvalue weighted by Gasteiger charge is 2.08. The van der Waals surface area contributed by atoms with Gasteiger partial charge in [-0.05, 0) is 21.0 Å². The van der Waals surface area contributed by atoms with Crippen LogP contribution in [0.15, 0.2) is 12.5 Å². The molecule has 4 heteroatoms. The van der Waals surface area contributed by atoms with Gasteiger partial charge in [0.2, 0.25) is 0 Å². The Morgan fingerprint density at radius 3 is 2.85 bits per heavy atom. The van der Waals surface area contributed by atoms with Crippen LogP contribution < -0.4 is 0 Å². The standard InChI is InChI=1S/C9H17N3O/c1-8(5-11(2)3)12-7-10-4-9(12)6-13/h4,7-8,13H,5-6H2,1-3H3. The highest BCUT2D eigenvalue weighted by Crippen LogP contribution is 2.10. The zero-order chi connectivity index (χ0) is 9.84. The summed E-state index contributed by atoms with van der Waals surface area (Å²) in [5.41, 5.74) is 0.870. The number of likely N-dealkylation sites (N-methyl/N-ethyl adjacent to an activating group) is 1. The molecule has 1 aromatic heterocycles. The van der Waals surface area contributed by atoms with E-state index in [1.165, 1.54) is 0 Å². The van der Waals surface area contributed by atoms with Crippen LogP contribution in [0.4, 0.5) is 0 Å². The van der Waals surface area contributed by atoms with Crippen molar-refractivity contribution in [2.24, 2.45) is 0 Å². The third kappa shape index (κ3) is 2.54. The summed E-state index contributed by atoms with van der Waals surface area (Å²) in [5.74, 6) is 0. The van der Waals surface area contributed by atoms with Crippen LogP contribution in [-0.2, 0) is 6.61 Å². The van der Waals surface area contributed by atoms with Crippen LogP contribution in [0.25, 0.3) is 0 Å². The van der Waals surface area contributed by atoms with Crippen molar-refractivity contribution in [1.29, 1.82) is 0 Å². The molecule has 1 rings (SSSR count). The van der Waals surface area contributed by atoms with E-state index < -0.39 is 0 Å². The number of aliphatic hydroxyl groups excluding tert-OH is 1. The van der Waals surface area contributed by atoms with Crippen molar-refractivity contribution in [3.8, 4) is 0 Å². The summed E-state index contributed by atoms with van der Waals surface area (Å²) in [7, 11) is 4.07. The molecule has 1 unspecified atom stereocenters. The molecule has 0 saturated carbocycles. The average molecular weight is 183 g/mol. The Labute approximate surface area is 78.8 Å². The molecular formula is C9H17N3O. The summed E-state index contributed by atoms with van der Waals surface area (Å²) >= 11 is 0. The molecule has 0 spiro atoms. The lowest BCUT2D eigenvalue weighted by Gasteiger charge is -2.19. The number of imidazole rings is 1. The second-order valence-electron chi connectivity index (χ2n) is 3.56. The van der Waals surface area contributed by atoms with Gasteiger partial charge in [0, 0.05) is 12.6 Å². The highest BCUT2D eigenvalue weighted by molar-refractivity contribution is 4.98. The summed E-state index contributed by atoms with van der Waals surface area (Å²) < 4.78 is 2.00. The fourth-order valence-electron chi connectivity index (χ4n) is 1.47. The molecule has 0 radical (unpaired) electrons. The molecule has 1 N–H and O–H groups in total. The van der Waals surface area contributed by atoms with E-state index >= 15 is 0 Å². The molecule has 0 aliphatic heterocycles. The van der Waals surface area contributed by atoms with Crippen molar-refractivity contribution >= 4 is 0 Å². The Balaban J connectivity index is 2.69. The molecule has 4 nitrogen and oxygen atoms in total. The predicted octanol–water partition coefficient (Wildman–Crippen LogP) is 0.498. The lowest BCUT2D eigenvalue weighted by molar-refractivity contribution is 0.259. The monoisotopic (exact) mass is 183 g/mol. The molecule has 1 heterocycles. The first-order valence-corrected chi connectivity index (χ1v) is 4.41. The maximum atomic E-state index is 9.02. The van der Waals surface area contributed by atoms with Crippen LogP contribution in [-0.4, -0.2) is 40.2 Å². The maximum absolute atomic E-state index is 9.02. The lowest BCUT2D eigenvalue weighted by Crippen LogP contribution is -2.23. The zero-order valence-corrected chi connectivity index (χ0v) is 8.44. The van der Waals surface area contributed by atoms with Gasteiger partial charge in [0.1, 0.15) is 0 Å². The topological polar surface area (TPSA) is 41.3 Å². The summed E-state index contributed by atoms with van der Waals surface area (Å²) in [6, 6.07) is 0.347. The predicted molar refractivity (Wildman–Crippen MR) is 51.4 cm³/mol. The minimum atomic E-state index is 0.0533. The molecule has 0 aliphatic carbocycles. The quantitative estimate of drug-likeness (QED) is 0.739. The van der Waals surface area contributed by atoms with Crippen LogP contribution in [0.5, 0.6) is 0 Å². The van der Waals surface area contributed by atoms with Crippen molar-refractivity contribution in [1.82, 2.24) is 14.5 Å². The van der Waals surface area contributed by atoms with Crippen molar-refractivity contribution in [3.63, 3.8) is 0 Å². The average Bonchev–Trinajstić information content (AvgIpc) is 2.49. The van der Waals surface area contributed by atoms with Crippen LogP contribution in [0.1, 0.15) is 18.7 Å². The molecule has 0 fully saturated rings. The van der Waals surface area contributed by atoms with Crippen LogP contribution in [0.3, 0.4) is 0 Å². The summed E-state index contributed by atoms with van der Waals surface area (Å²) in [6.07, 6.45) is 3.46. The molecular weight excluding hydrogens is 166 g/mol.